The number of methoxy groups -OCH3 is 1. The summed E-state index contributed by atoms with van der Waals surface area (Å²) in [5.41, 5.74) is 1.52. The van der Waals surface area contributed by atoms with E-state index < -0.39 is 0 Å². The van der Waals surface area contributed by atoms with Gasteiger partial charge in [0.25, 0.3) is 5.89 Å². The maximum absolute atomic E-state index is 5.26. The molecular weight excluding hydrogens is 256 g/mol. The van der Waals surface area contributed by atoms with E-state index in [1.165, 1.54) is 0 Å². The first kappa shape index (κ1) is 12.3. The Morgan fingerprint density at radius 2 is 1.90 bits per heavy atom. The lowest BCUT2D eigenvalue weighted by Gasteiger charge is -1.99. The van der Waals surface area contributed by atoms with Crippen LogP contribution in [-0.4, -0.2) is 27.2 Å². The van der Waals surface area contributed by atoms with Crippen molar-refractivity contribution in [2.45, 2.75) is 6.92 Å². The van der Waals surface area contributed by atoms with Gasteiger partial charge >= 0.3 is 0 Å². The molecule has 20 heavy (non-hydrogen) atoms. The van der Waals surface area contributed by atoms with Crippen molar-refractivity contribution in [1.82, 2.24) is 20.1 Å². The lowest BCUT2D eigenvalue weighted by atomic mass is 10.2. The molecule has 6 nitrogen and oxygen atoms in total. The van der Waals surface area contributed by atoms with Gasteiger partial charge in [0.05, 0.1) is 12.7 Å². The second-order valence-electron chi connectivity index (χ2n) is 4.17. The van der Waals surface area contributed by atoms with Crippen LogP contribution in [0.15, 0.2) is 41.2 Å². The first-order valence-corrected chi connectivity index (χ1v) is 6.03. The van der Waals surface area contributed by atoms with E-state index in [-0.39, 0.29) is 0 Å². The van der Waals surface area contributed by atoms with Gasteiger partial charge in [-0.2, -0.15) is 4.98 Å². The molecule has 100 valence electrons. The van der Waals surface area contributed by atoms with E-state index in [1.54, 1.807) is 19.5 Å². The van der Waals surface area contributed by atoms with E-state index in [2.05, 4.69) is 20.1 Å². The monoisotopic (exact) mass is 268 g/mol. The molecule has 2 heterocycles. The Kier molecular flexibility index (Phi) is 3.12. The maximum Gasteiger partial charge on any atom is 0.258 e. The Morgan fingerprint density at radius 1 is 1.10 bits per heavy atom. The topological polar surface area (TPSA) is 73.9 Å². The minimum Gasteiger partial charge on any atom is -0.497 e. The van der Waals surface area contributed by atoms with Crippen molar-refractivity contribution in [3.05, 3.63) is 42.5 Å². The fraction of sp³-hybridized carbons (Fsp3) is 0.143. The summed E-state index contributed by atoms with van der Waals surface area (Å²) in [4.78, 5) is 12.6. The number of aryl methyl sites for hydroxylation is 1. The lowest BCUT2D eigenvalue weighted by molar-refractivity contribution is 0.413. The summed E-state index contributed by atoms with van der Waals surface area (Å²) in [6.07, 6.45) is 3.34. The van der Waals surface area contributed by atoms with Crippen molar-refractivity contribution in [1.29, 1.82) is 0 Å². The van der Waals surface area contributed by atoms with Crippen LogP contribution in [0.1, 0.15) is 5.82 Å². The second kappa shape index (κ2) is 5.08. The van der Waals surface area contributed by atoms with Gasteiger partial charge in [0.15, 0.2) is 0 Å². The molecule has 0 fully saturated rings. The van der Waals surface area contributed by atoms with Crippen LogP contribution in [0.3, 0.4) is 0 Å². The first-order valence-electron chi connectivity index (χ1n) is 6.03. The Hall–Kier alpha value is -2.76. The Labute approximate surface area is 115 Å². The SMILES string of the molecule is COc1cccc(-c2nc(-c3cnc(C)nc3)no2)c1. The summed E-state index contributed by atoms with van der Waals surface area (Å²) in [5, 5.41) is 3.94. The van der Waals surface area contributed by atoms with E-state index in [0.717, 1.165) is 11.3 Å². The van der Waals surface area contributed by atoms with Crippen LogP contribution in [0.4, 0.5) is 0 Å². The number of ether oxygens (including phenoxy) is 1. The van der Waals surface area contributed by atoms with Crippen molar-refractivity contribution in [2.75, 3.05) is 7.11 Å². The van der Waals surface area contributed by atoms with Crippen molar-refractivity contribution in [2.24, 2.45) is 0 Å². The predicted molar refractivity (Wildman–Crippen MR) is 72.0 cm³/mol. The quantitative estimate of drug-likeness (QED) is 0.726. The summed E-state index contributed by atoms with van der Waals surface area (Å²) in [6, 6.07) is 7.44. The fourth-order valence-corrected chi connectivity index (χ4v) is 1.72. The van der Waals surface area contributed by atoms with Crippen molar-refractivity contribution in [3.63, 3.8) is 0 Å². The molecule has 0 saturated heterocycles. The van der Waals surface area contributed by atoms with Crippen LogP contribution < -0.4 is 4.74 Å². The number of hydrogen-bond acceptors (Lipinski definition) is 6. The average molecular weight is 268 g/mol. The van der Waals surface area contributed by atoms with E-state index in [4.69, 9.17) is 9.26 Å². The molecule has 0 aliphatic rings. The second-order valence-corrected chi connectivity index (χ2v) is 4.17. The summed E-state index contributed by atoms with van der Waals surface area (Å²) in [7, 11) is 1.61. The zero-order valence-electron chi connectivity index (χ0n) is 11.1. The fourth-order valence-electron chi connectivity index (χ4n) is 1.72. The minimum atomic E-state index is 0.430. The lowest BCUT2D eigenvalue weighted by Crippen LogP contribution is -1.89. The molecule has 3 rings (SSSR count). The molecule has 0 spiro atoms. The van der Waals surface area contributed by atoms with Gasteiger partial charge in [-0.25, -0.2) is 9.97 Å². The molecule has 0 saturated carbocycles. The molecule has 1 aromatic carbocycles. The van der Waals surface area contributed by atoms with Gasteiger partial charge in [0.1, 0.15) is 11.6 Å². The van der Waals surface area contributed by atoms with Crippen LogP contribution in [-0.2, 0) is 0 Å². The first-order chi connectivity index (χ1) is 9.76. The molecule has 0 aliphatic carbocycles. The van der Waals surface area contributed by atoms with Crippen LogP contribution in [0.25, 0.3) is 22.8 Å². The van der Waals surface area contributed by atoms with Gasteiger partial charge in [0.2, 0.25) is 5.82 Å². The number of rotatable bonds is 3. The van der Waals surface area contributed by atoms with E-state index >= 15 is 0 Å². The molecule has 0 bridgehead atoms. The summed E-state index contributed by atoms with van der Waals surface area (Å²) in [5.74, 6) is 2.33. The molecule has 0 radical (unpaired) electrons. The van der Waals surface area contributed by atoms with E-state index in [9.17, 15) is 0 Å². The molecule has 0 N–H and O–H groups in total. The van der Waals surface area contributed by atoms with Gasteiger partial charge in [0, 0.05) is 18.0 Å². The van der Waals surface area contributed by atoms with Gasteiger partial charge in [-0.1, -0.05) is 11.2 Å². The van der Waals surface area contributed by atoms with Gasteiger partial charge in [-0.05, 0) is 25.1 Å². The van der Waals surface area contributed by atoms with Gasteiger partial charge < -0.3 is 9.26 Å². The Bertz CT molecular complexity index is 722. The van der Waals surface area contributed by atoms with Gasteiger partial charge in [-0.3, -0.25) is 0 Å². The normalized spacial score (nSPS) is 10.5. The summed E-state index contributed by atoms with van der Waals surface area (Å²) < 4.78 is 10.4. The molecule has 0 atom stereocenters. The molecule has 0 aliphatic heterocycles. The highest BCUT2D eigenvalue weighted by Crippen LogP contribution is 2.24. The summed E-state index contributed by atoms with van der Waals surface area (Å²) >= 11 is 0. The van der Waals surface area contributed by atoms with Crippen LogP contribution >= 0.6 is 0 Å². The molecule has 6 heteroatoms. The third kappa shape index (κ3) is 2.35. The van der Waals surface area contributed by atoms with E-state index in [1.807, 2.05) is 31.2 Å². The Balaban J connectivity index is 1.95. The van der Waals surface area contributed by atoms with E-state index in [0.29, 0.717) is 23.1 Å². The maximum atomic E-state index is 5.26. The Morgan fingerprint density at radius 3 is 2.65 bits per heavy atom. The molecule has 3 aromatic rings. The average Bonchev–Trinajstić information content (AvgIpc) is 2.98. The molecule has 0 amide bonds. The zero-order valence-corrected chi connectivity index (χ0v) is 11.1. The standard InChI is InChI=1S/C14H12N4O2/c1-9-15-7-11(8-16-9)13-17-14(20-18-13)10-4-3-5-12(6-10)19-2/h3-8H,1-2H3. The van der Waals surface area contributed by atoms with Crippen molar-refractivity contribution < 1.29 is 9.26 Å². The van der Waals surface area contributed by atoms with Crippen LogP contribution in [0.5, 0.6) is 5.75 Å². The number of hydrogen-bond donors (Lipinski definition) is 0. The number of benzene rings is 1. The smallest absolute Gasteiger partial charge is 0.258 e. The summed E-state index contributed by atoms with van der Waals surface area (Å²) in [6.45, 7) is 1.82. The highest BCUT2D eigenvalue weighted by atomic mass is 16.5. The van der Waals surface area contributed by atoms with Crippen molar-refractivity contribution >= 4 is 0 Å². The molecule has 2 aromatic heterocycles. The third-order valence-electron chi connectivity index (χ3n) is 2.78. The van der Waals surface area contributed by atoms with Gasteiger partial charge in [-0.15, -0.1) is 0 Å². The van der Waals surface area contributed by atoms with Crippen molar-refractivity contribution in [3.8, 4) is 28.6 Å². The number of aromatic nitrogens is 4. The predicted octanol–water partition coefficient (Wildman–Crippen LogP) is 2.51. The number of nitrogens with zero attached hydrogens (tertiary/aromatic N) is 4. The van der Waals surface area contributed by atoms with Crippen LogP contribution in [0, 0.1) is 6.92 Å². The van der Waals surface area contributed by atoms with Crippen LogP contribution in [0.2, 0.25) is 0 Å². The third-order valence-corrected chi connectivity index (χ3v) is 2.78. The highest BCUT2D eigenvalue weighted by Gasteiger charge is 2.11. The minimum absolute atomic E-state index is 0.430. The zero-order chi connectivity index (χ0) is 13.9. The molecule has 0 unspecified atom stereocenters. The highest BCUT2D eigenvalue weighted by molar-refractivity contribution is 5.59. The largest absolute Gasteiger partial charge is 0.497 e. The molecular formula is C14H12N4O2.